The van der Waals surface area contributed by atoms with E-state index in [-0.39, 0.29) is 11.7 Å². The van der Waals surface area contributed by atoms with Crippen molar-refractivity contribution in [3.05, 3.63) is 51.7 Å². The average Bonchev–Trinajstić information content (AvgIpc) is 3.19. The van der Waals surface area contributed by atoms with E-state index in [4.69, 9.17) is 0 Å². The van der Waals surface area contributed by atoms with Crippen molar-refractivity contribution in [1.82, 2.24) is 5.32 Å². The quantitative estimate of drug-likeness (QED) is 0.621. The second-order valence-electron chi connectivity index (χ2n) is 6.12. The van der Waals surface area contributed by atoms with E-state index in [1.165, 1.54) is 22.6 Å². The van der Waals surface area contributed by atoms with Crippen LogP contribution in [0.15, 0.2) is 35.7 Å². The second kappa shape index (κ2) is 7.62. The van der Waals surface area contributed by atoms with Crippen molar-refractivity contribution in [2.24, 2.45) is 0 Å². The third kappa shape index (κ3) is 4.03. The van der Waals surface area contributed by atoms with Crippen molar-refractivity contribution in [3.8, 4) is 0 Å². The number of rotatable bonds is 7. The first kappa shape index (κ1) is 16.7. The van der Waals surface area contributed by atoms with Gasteiger partial charge in [-0.2, -0.15) is 0 Å². The molecule has 4 nitrogen and oxygen atoms in total. The maximum Gasteiger partial charge on any atom is 0.224 e. The van der Waals surface area contributed by atoms with E-state index in [1.54, 1.807) is 6.92 Å². The first-order chi connectivity index (χ1) is 11.6. The molecule has 1 aromatic heterocycles. The van der Waals surface area contributed by atoms with Crippen molar-refractivity contribution in [2.45, 2.75) is 26.2 Å². The lowest BCUT2D eigenvalue weighted by Crippen LogP contribution is -2.30. The maximum atomic E-state index is 12.0. The van der Waals surface area contributed by atoms with Crippen molar-refractivity contribution >= 4 is 28.7 Å². The van der Waals surface area contributed by atoms with Gasteiger partial charge in [-0.15, -0.1) is 11.3 Å². The molecule has 1 amide bonds. The van der Waals surface area contributed by atoms with E-state index in [2.05, 4.69) is 34.5 Å². The minimum Gasteiger partial charge on any atom is -0.371 e. The molecule has 1 aliphatic rings. The minimum absolute atomic E-state index is 0.0183. The number of thiophene rings is 1. The summed E-state index contributed by atoms with van der Waals surface area (Å²) < 4.78 is 0. The van der Waals surface area contributed by atoms with Crippen LogP contribution in [-0.2, 0) is 17.6 Å². The average molecular weight is 342 g/mol. The highest BCUT2D eigenvalue weighted by molar-refractivity contribution is 7.12. The van der Waals surface area contributed by atoms with Crippen LogP contribution < -0.4 is 10.2 Å². The predicted molar refractivity (Wildman–Crippen MR) is 98.0 cm³/mol. The summed E-state index contributed by atoms with van der Waals surface area (Å²) >= 11 is 1.40. The number of fused-ring (bicyclic) bond motifs is 1. The zero-order valence-corrected chi connectivity index (χ0v) is 14.7. The molecular weight excluding hydrogens is 320 g/mol. The Hall–Kier alpha value is -2.14. The third-order valence-corrected chi connectivity index (χ3v) is 5.36. The SMILES string of the molecule is CC(=O)c1cc(CC(=O)NCCCN2CCc3ccccc32)cs1. The Morgan fingerprint density at radius 2 is 2.12 bits per heavy atom. The molecule has 2 heterocycles. The largest absolute Gasteiger partial charge is 0.371 e. The topological polar surface area (TPSA) is 49.4 Å². The molecule has 0 bridgehead atoms. The number of hydrogen-bond donors (Lipinski definition) is 1. The number of carbonyl (C=O) groups is 2. The van der Waals surface area contributed by atoms with Crippen molar-refractivity contribution < 1.29 is 9.59 Å². The van der Waals surface area contributed by atoms with Gasteiger partial charge in [-0.05, 0) is 48.4 Å². The lowest BCUT2D eigenvalue weighted by Gasteiger charge is -2.19. The van der Waals surface area contributed by atoms with Crippen molar-refractivity contribution in [3.63, 3.8) is 0 Å². The Balaban J connectivity index is 1.39. The zero-order chi connectivity index (χ0) is 16.9. The number of benzene rings is 1. The van der Waals surface area contributed by atoms with Gasteiger partial charge in [0.15, 0.2) is 5.78 Å². The molecule has 0 saturated heterocycles. The zero-order valence-electron chi connectivity index (χ0n) is 13.9. The monoisotopic (exact) mass is 342 g/mol. The molecule has 24 heavy (non-hydrogen) atoms. The molecule has 0 spiro atoms. The number of ketones is 1. The Morgan fingerprint density at radius 1 is 1.29 bits per heavy atom. The van der Waals surface area contributed by atoms with Gasteiger partial charge in [0.1, 0.15) is 0 Å². The molecule has 0 fully saturated rings. The number of anilines is 1. The second-order valence-corrected chi connectivity index (χ2v) is 7.03. The molecular formula is C19H22N2O2S. The van der Waals surface area contributed by atoms with Gasteiger partial charge in [0.05, 0.1) is 11.3 Å². The molecule has 5 heteroatoms. The third-order valence-electron chi connectivity index (χ3n) is 4.28. The fourth-order valence-electron chi connectivity index (χ4n) is 3.04. The number of amides is 1. The molecule has 0 unspecified atom stereocenters. The predicted octanol–water partition coefficient (Wildman–Crippen LogP) is 3.06. The van der Waals surface area contributed by atoms with Gasteiger partial charge in [-0.3, -0.25) is 9.59 Å². The van der Waals surface area contributed by atoms with Gasteiger partial charge in [0, 0.05) is 25.3 Å². The Kier molecular flexibility index (Phi) is 5.30. The maximum absolute atomic E-state index is 12.0. The van der Waals surface area contributed by atoms with Gasteiger partial charge in [0.25, 0.3) is 0 Å². The number of hydrogen-bond acceptors (Lipinski definition) is 4. The van der Waals surface area contributed by atoms with Crippen LogP contribution in [0.2, 0.25) is 0 Å². The molecule has 1 N–H and O–H groups in total. The van der Waals surface area contributed by atoms with E-state index < -0.39 is 0 Å². The van der Waals surface area contributed by atoms with Crippen LogP contribution in [0, 0.1) is 0 Å². The number of nitrogens with one attached hydrogen (secondary N) is 1. The van der Waals surface area contributed by atoms with Gasteiger partial charge in [0.2, 0.25) is 5.91 Å². The first-order valence-electron chi connectivity index (χ1n) is 8.31. The summed E-state index contributed by atoms with van der Waals surface area (Å²) in [5.41, 5.74) is 3.66. The molecule has 0 atom stereocenters. The number of carbonyl (C=O) groups excluding carboxylic acids is 2. The van der Waals surface area contributed by atoms with Gasteiger partial charge in [-0.25, -0.2) is 0 Å². The summed E-state index contributed by atoms with van der Waals surface area (Å²) in [6, 6.07) is 10.3. The van der Waals surface area contributed by atoms with Crippen LogP contribution in [0.3, 0.4) is 0 Å². The van der Waals surface area contributed by atoms with E-state index in [0.717, 1.165) is 31.5 Å². The van der Waals surface area contributed by atoms with Crippen LogP contribution in [0.1, 0.15) is 34.1 Å². The Bertz CT molecular complexity index is 738. The Morgan fingerprint density at radius 3 is 2.92 bits per heavy atom. The molecule has 2 aromatic rings. The van der Waals surface area contributed by atoms with Crippen LogP contribution in [0.4, 0.5) is 5.69 Å². The highest BCUT2D eigenvalue weighted by Crippen LogP contribution is 2.27. The summed E-state index contributed by atoms with van der Waals surface area (Å²) in [5.74, 6) is 0.0716. The molecule has 3 rings (SSSR count). The fourth-order valence-corrected chi connectivity index (χ4v) is 3.85. The van der Waals surface area contributed by atoms with E-state index in [1.807, 2.05) is 11.4 Å². The highest BCUT2D eigenvalue weighted by Gasteiger charge is 2.17. The normalized spacial score (nSPS) is 13.0. The Labute approximate surface area is 146 Å². The smallest absolute Gasteiger partial charge is 0.224 e. The van der Waals surface area contributed by atoms with Crippen LogP contribution in [0.5, 0.6) is 0 Å². The summed E-state index contributed by atoms with van der Waals surface area (Å²) in [5, 5.41) is 4.86. The molecule has 0 aliphatic carbocycles. The summed E-state index contributed by atoms with van der Waals surface area (Å²) in [6.07, 6.45) is 2.39. The lowest BCUT2D eigenvalue weighted by molar-refractivity contribution is -0.120. The van der Waals surface area contributed by atoms with Crippen molar-refractivity contribution in [2.75, 3.05) is 24.5 Å². The standard InChI is InChI=1S/C19H22N2O2S/c1-14(22)18-11-15(13-24-18)12-19(23)20-8-4-9-21-10-7-16-5-2-3-6-17(16)21/h2-3,5-6,11,13H,4,7-10,12H2,1H3,(H,20,23). The van der Waals surface area contributed by atoms with E-state index in [9.17, 15) is 9.59 Å². The molecule has 1 aliphatic heterocycles. The van der Waals surface area contributed by atoms with E-state index in [0.29, 0.717) is 17.8 Å². The van der Waals surface area contributed by atoms with Gasteiger partial charge in [-0.1, -0.05) is 18.2 Å². The molecule has 0 saturated carbocycles. The number of Topliss-reactive ketones (excluding diaryl/α,β-unsaturated/α-hetero) is 1. The summed E-state index contributed by atoms with van der Waals surface area (Å²) in [7, 11) is 0. The van der Waals surface area contributed by atoms with Crippen LogP contribution in [-0.4, -0.2) is 31.3 Å². The van der Waals surface area contributed by atoms with Crippen LogP contribution in [0.25, 0.3) is 0 Å². The highest BCUT2D eigenvalue weighted by atomic mass is 32.1. The van der Waals surface area contributed by atoms with Crippen LogP contribution >= 0.6 is 11.3 Å². The fraction of sp³-hybridized carbons (Fsp3) is 0.368. The molecule has 1 aromatic carbocycles. The van der Waals surface area contributed by atoms with Crippen molar-refractivity contribution in [1.29, 1.82) is 0 Å². The lowest BCUT2D eigenvalue weighted by atomic mass is 10.2. The number of para-hydroxylation sites is 1. The van der Waals surface area contributed by atoms with E-state index >= 15 is 0 Å². The van der Waals surface area contributed by atoms with Gasteiger partial charge >= 0.3 is 0 Å². The molecule has 0 radical (unpaired) electrons. The minimum atomic E-state index is 0.0183. The summed E-state index contributed by atoms with van der Waals surface area (Å²) in [4.78, 5) is 26.4. The molecule has 126 valence electrons. The van der Waals surface area contributed by atoms with Gasteiger partial charge < -0.3 is 10.2 Å². The summed E-state index contributed by atoms with van der Waals surface area (Å²) in [6.45, 7) is 4.26. The first-order valence-corrected chi connectivity index (χ1v) is 9.19. The number of nitrogens with zero attached hydrogens (tertiary/aromatic N) is 1.